The normalized spacial score (nSPS) is 11.8. The largest absolute Gasteiger partial charge is 0.472 e. The van der Waals surface area contributed by atoms with Crippen LogP contribution in [0.15, 0.2) is 46.1 Å². The van der Waals surface area contributed by atoms with Crippen molar-refractivity contribution in [1.29, 1.82) is 0 Å². The number of nitrogens with one attached hydrogen (secondary N) is 1. The van der Waals surface area contributed by atoms with Gasteiger partial charge >= 0.3 is 6.18 Å². The Balaban J connectivity index is 1.93. The van der Waals surface area contributed by atoms with Crippen molar-refractivity contribution in [3.63, 3.8) is 0 Å². The molecule has 2 aromatic rings. The Labute approximate surface area is 112 Å². The van der Waals surface area contributed by atoms with Gasteiger partial charge in [-0.25, -0.2) is 0 Å². The summed E-state index contributed by atoms with van der Waals surface area (Å²) < 4.78 is 43.5. The Kier molecular flexibility index (Phi) is 4.29. The second-order valence-corrected chi connectivity index (χ2v) is 4.26. The quantitative estimate of drug-likeness (QED) is 0.858. The van der Waals surface area contributed by atoms with Crippen LogP contribution in [0, 0.1) is 0 Å². The van der Waals surface area contributed by atoms with Crippen molar-refractivity contribution in [2.24, 2.45) is 0 Å². The molecule has 0 fully saturated rings. The highest BCUT2D eigenvalue weighted by molar-refractivity contribution is 5.13. The first-order valence-corrected chi connectivity index (χ1v) is 5.96. The lowest BCUT2D eigenvalue weighted by Gasteiger charge is -2.11. The van der Waals surface area contributed by atoms with Gasteiger partial charge in [-0.2, -0.15) is 13.2 Å². The zero-order chi connectivity index (χ0) is 14.6. The minimum absolute atomic E-state index is 0.167. The standard InChI is InChI=1S/C13H13F3N2O2/c14-13(15,16)11-1-2-12(19)18(8-11)5-4-17-7-10-3-6-20-9-10/h1-3,6,8-9,17H,4-5,7H2. The topological polar surface area (TPSA) is 47.2 Å². The Bertz CT molecular complexity index is 603. The third-order valence-electron chi connectivity index (χ3n) is 2.75. The molecule has 0 aliphatic carbocycles. The molecule has 0 amide bonds. The highest BCUT2D eigenvalue weighted by atomic mass is 19.4. The van der Waals surface area contributed by atoms with E-state index in [4.69, 9.17) is 4.42 Å². The maximum Gasteiger partial charge on any atom is 0.417 e. The lowest BCUT2D eigenvalue weighted by Crippen LogP contribution is -2.27. The SMILES string of the molecule is O=c1ccc(C(F)(F)F)cn1CCNCc1ccoc1. The summed E-state index contributed by atoms with van der Waals surface area (Å²) in [5.41, 5.74) is -0.351. The lowest BCUT2D eigenvalue weighted by atomic mass is 10.3. The van der Waals surface area contributed by atoms with Crippen LogP contribution in [0.25, 0.3) is 0 Å². The molecule has 0 bridgehead atoms. The minimum atomic E-state index is -4.44. The molecule has 0 aliphatic rings. The third-order valence-corrected chi connectivity index (χ3v) is 2.75. The number of alkyl halides is 3. The van der Waals surface area contributed by atoms with E-state index < -0.39 is 17.3 Å². The van der Waals surface area contributed by atoms with E-state index in [1.54, 1.807) is 12.3 Å². The minimum Gasteiger partial charge on any atom is -0.472 e. The summed E-state index contributed by atoms with van der Waals surface area (Å²) in [4.78, 5) is 11.5. The summed E-state index contributed by atoms with van der Waals surface area (Å²) in [6, 6.07) is 3.50. The van der Waals surface area contributed by atoms with Gasteiger partial charge in [0.25, 0.3) is 5.56 Å². The van der Waals surface area contributed by atoms with Gasteiger partial charge < -0.3 is 14.3 Å². The van der Waals surface area contributed by atoms with Crippen molar-refractivity contribution in [3.05, 3.63) is 58.4 Å². The maximum absolute atomic E-state index is 12.5. The van der Waals surface area contributed by atoms with Crippen LogP contribution in [-0.4, -0.2) is 11.1 Å². The molecular weight excluding hydrogens is 273 g/mol. The molecule has 0 radical (unpaired) electrons. The summed E-state index contributed by atoms with van der Waals surface area (Å²) >= 11 is 0. The lowest BCUT2D eigenvalue weighted by molar-refractivity contribution is -0.138. The predicted molar refractivity (Wildman–Crippen MR) is 66.1 cm³/mol. The van der Waals surface area contributed by atoms with E-state index in [9.17, 15) is 18.0 Å². The fourth-order valence-corrected chi connectivity index (χ4v) is 1.70. The summed E-state index contributed by atoms with van der Waals surface area (Å²) in [5.74, 6) is 0. The summed E-state index contributed by atoms with van der Waals surface area (Å²) in [6.07, 6.45) is -0.501. The Morgan fingerprint density at radius 3 is 2.70 bits per heavy atom. The highest BCUT2D eigenvalue weighted by Gasteiger charge is 2.30. The van der Waals surface area contributed by atoms with E-state index in [0.717, 1.165) is 28.5 Å². The first-order valence-electron chi connectivity index (χ1n) is 5.96. The predicted octanol–water partition coefficient (Wildman–Crippen LogP) is 2.25. The molecular formula is C13H13F3N2O2. The van der Waals surface area contributed by atoms with E-state index >= 15 is 0 Å². The third kappa shape index (κ3) is 3.74. The Morgan fingerprint density at radius 1 is 1.25 bits per heavy atom. The number of pyridine rings is 1. The van der Waals surface area contributed by atoms with Gasteiger partial charge in [0, 0.05) is 37.5 Å². The fourth-order valence-electron chi connectivity index (χ4n) is 1.70. The van der Waals surface area contributed by atoms with Crippen LogP contribution in [0.2, 0.25) is 0 Å². The van der Waals surface area contributed by atoms with Crippen molar-refractivity contribution < 1.29 is 17.6 Å². The molecule has 0 aromatic carbocycles. The molecule has 2 rings (SSSR count). The molecule has 2 heterocycles. The summed E-state index contributed by atoms with van der Waals surface area (Å²) in [5, 5.41) is 3.02. The summed E-state index contributed by atoms with van der Waals surface area (Å²) in [6.45, 7) is 1.08. The zero-order valence-corrected chi connectivity index (χ0v) is 10.5. The average Bonchev–Trinajstić information content (AvgIpc) is 2.88. The average molecular weight is 286 g/mol. The van der Waals surface area contributed by atoms with Crippen LogP contribution in [0.3, 0.4) is 0 Å². The monoisotopic (exact) mass is 286 g/mol. The van der Waals surface area contributed by atoms with Crippen molar-refractivity contribution in [2.45, 2.75) is 19.3 Å². The van der Waals surface area contributed by atoms with Crippen LogP contribution < -0.4 is 10.9 Å². The number of aromatic nitrogens is 1. The number of furan rings is 1. The van der Waals surface area contributed by atoms with E-state index in [1.807, 2.05) is 0 Å². The van der Waals surface area contributed by atoms with Crippen molar-refractivity contribution in [3.8, 4) is 0 Å². The van der Waals surface area contributed by atoms with Crippen LogP contribution in [0.1, 0.15) is 11.1 Å². The fraction of sp³-hybridized carbons (Fsp3) is 0.308. The van der Waals surface area contributed by atoms with Crippen molar-refractivity contribution >= 4 is 0 Å². The molecule has 1 N–H and O–H groups in total. The number of rotatable bonds is 5. The molecule has 0 saturated carbocycles. The highest BCUT2D eigenvalue weighted by Crippen LogP contribution is 2.27. The van der Waals surface area contributed by atoms with Crippen molar-refractivity contribution in [2.75, 3.05) is 6.54 Å². The van der Waals surface area contributed by atoms with E-state index in [1.165, 1.54) is 6.26 Å². The van der Waals surface area contributed by atoms with Gasteiger partial charge in [0.1, 0.15) is 0 Å². The molecule has 7 heteroatoms. The van der Waals surface area contributed by atoms with Crippen LogP contribution in [0.5, 0.6) is 0 Å². The van der Waals surface area contributed by atoms with E-state index in [2.05, 4.69) is 5.32 Å². The number of hydrogen-bond donors (Lipinski definition) is 1. The first-order chi connectivity index (χ1) is 9.47. The molecule has 2 aromatic heterocycles. The Morgan fingerprint density at radius 2 is 2.05 bits per heavy atom. The number of hydrogen-bond acceptors (Lipinski definition) is 3. The number of halogens is 3. The second-order valence-electron chi connectivity index (χ2n) is 4.26. The van der Waals surface area contributed by atoms with Gasteiger partial charge in [-0.3, -0.25) is 4.79 Å². The molecule has 108 valence electrons. The van der Waals surface area contributed by atoms with Crippen LogP contribution in [-0.2, 0) is 19.3 Å². The zero-order valence-electron chi connectivity index (χ0n) is 10.5. The van der Waals surface area contributed by atoms with Gasteiger partial charge in [-0.05, 0) is 12.1 Å². The van der Waals surface area contributed by atoms with Gasteiger partial charge in [-0.15, -0.1) is 0 Å². The smallest absolute Gasteiger partial charge is 0.417 e. The molecule has 20 heavy (non-hydrogen) atoms. The molecule has 0 atom stereocenters. The maximum atomic E-state index is 12.5. The molecule has 0 saturated heterocycles. The van der Waals surface area contributed by atoms with Crippen molar-refractivity contribution in [1.82, 2.24) is 9.88 Å². The first kappa shape index (κ1) is 14.4. The van der Waals surface area contributed by atoms with Gasteiger partial charge in [0.15, 0.2) is 0 Å². The van der Waals surface area contributed by atoms with E-state index in [0.29, 0.717) is 13.1 Å². The van der Waals surface area contributed by atoms with Crippen LogP contribution in [0.4, 0.5) is 13.2 Å². The summed E-state index contributed by atoms with van der Waals surface area (Å²) in [7, 11) is 0. The van der Waals surface area contributed by atoms with Gasteiger partial charge in [0.05, 0.1) is 18.1 Å². The molecule has 4 nitrogen and oxygen atoms in total. The van der Waals surface area contributed by atoms with E-state index in [-0.39, 0.29) is 6.54 Å². The van der Waals surface area contributed by atoms with Gasteiger partial charge in [0.2, 0.25) is 0 Å². The molecule has 0 aliphatic heterocycles. The van der Waals surface area contributed by atoms with Crippen LogP contribution >= 0.6 is 0 Å². The van der Waals surface area contributed by atoms with Gasteiger partial charge in [-0.1, -0.05) is 0 Å². The molecule has 0 spiro atoms. The number of nitrogens with zero attached hydrogens (tertiary/aromatic N) is 1. The Hall–Kier alpha value is -2.02. The molecule has 0 unspecified atom stereocenters. The second kappa shape index (κ2) is 5.96.